The summed E-state index contributed by atoms with van der Waals surface area (Å²) in [6, 6.07) is 9.80. The molecule has 0 radical (unpaired) electrons. The van der Waals surface area contributed by atoms with Crippen molar-refractivity contribution >= 4 is 21.4 Å². The van der Waals surface area contributed by atoms with Gasteiger partial charge in [-0.25, -0.2) is 26.6 Å². The quantitative estimate of drug-likeness (QED) is 0.679. The van der Waals surface area contributed by atoms with Gasteiger partial charge in [0.1, 0.15) is 10.7 Å². The van der Waals surface area contributed by atoms with Gasteiger partial charge in [0.05, 0.1) is 11.4 Å². The number of halogens is 4. The predicted molar refractivity (Wildman–Crippen MR) is 92.5 cm³/mol. The molecular formula is C17H12ClF3N2O2S. The molecule has 3 rings (SSSR count). The molecule has 0 saturated carbocycles. The smallest absolute Gasteiger partial charge is 0.295 e. The number of hydrogen-bond donors (Lipinski definition) is 1. The predicted octanol–water partition coefficient (Wildman–Crippen LogP) is 4.88. The fraction of sp³-hybridized carbons (Fsp3) is 0.118. The molecule has 0 bridgehead atoms. The van der Waals surface area contributed by atoms with Crippen LogP contribution < -0.4 is 0 Å². The number of aromatic amines is 1. The minimum Gasteiger partial charge on any atom is -0.337 e. The van der Waals surface area contributed by atoms with Crippen molar-refractivity contribution in [3.8, 4) is 22.5 Å². The molecule has 1 heterocycles. The number of imidazole rings is 1. The summed E-state index contributed by atoms with van der Waals surface area (Å²) in [5, 5.41) is 0.389. The van der Waals surface area contributed by atoms with E-state index in [-0.39, 0.29) is 17.0 Å². The second-order valence-corrected chi connectivity index (χ2v) is 7.99. The van der Waals surface area contributed by atoms with Crippen LogP contribution in [0, 0.1) is 5.82 Å². The molecule has 0 atom stereocenters. The van der Waals surface area contributed by atoms with Gasteiger partial charge in [-0.05, 0) is 24.3 Å². The second-order valence-electron chi connectivity index (χ2n) is 5.57. The Morgan fingerprint density at radius 3 is 2.42 bits per heavy atom. The van der Waals surface area contributed by atoms with E-state index in [0.717, 1.165) is 18.4 Å². The van der Waals surface area contributed by atoms with Crippen molar-refractivity contribution < 1.29 is 21.6 Å². The fourth-order valence-corrected chi connectivity index (χ4v) is 3.42. The molecule has 0 spiro atoms. The van der Waals surface area contributed by atoms with Gasteiger partial charge < -0.3 is 4.98 Å². The van der Waals surface area contributed by atoms with E-state index < -0.39 is 32.8 Å². The van der Waals surface area contributed by atoms with E-state index in [0.29, 0.717) is 10.6 Å². The lowest BCUT2D eigenvalue weighted by molar-refractivity contribution is 0.141. The molecule has 1 aromatic heterocycles. The van der Waals surface area contributed by atoms with Crippen molar-refractivity contribution in [1.29, 1.82) is 0 Å². The molecule has 0 unspecified atom stereocenters. The Labute approximate surface area is 152 Å². The van der Waals surface area contributed by atoms with Gasteiger partial charge in [0.25, 0.3) is 6.43 Å². The zero-order chi connectivity index (χ0) is 19.1. The number of hydrogen-bond acceptors (Lipinski definition) is 3. The molecule has 1 N–H and O–H groups in total. The highest BCUT2D eigenvalue weighted by atomic mass is 35.5. The molecule has 3 aromatic rings. The molecule has 136 valence electrons. The van der Waals surface area contributed by atoms with Crippen LogP contribution >= 0.6 is 11.6 Å². The SMILES string of the molecule is CS(=O)(=O)c1ccc(-c2nc(C(F)F)[nH]c2-c2cccc(Cl)c2)cc1F. The van der Waals surface area contributed by atoms with Crippen molar-refractivity contribution in [3.63, 3.8) is 0 Å². The lowest BCUT2D eigenvalue weighted by Crippen LogP contribution is -2.00. The topological polar surface area (TPSA) is 62.8 Å². The first-order valence-corrected chi connectivity index (χ1v) is 9.57. The largest absolute Gasteiger partial charge is 0.337 e. The molecule has 0 aliphatic heterocycles. The summed E-state index contributed by atoms with van der Waals surface area (Å²) in [6.45, 7) is 0. The van der Waals surface area contributed by atoms with Gasteiger partial charge in [-0.3, -0.25) is 0 Å². The van der Waals surface area contributed by atoms with Crippen molar-refractivity contribution in [2.45, 2.75) is 11.3 Å². The third kappa shape index (κ3) is 3.61. The highest BCUT2D eigenvalue weighted by molar-refractivity contribution is 7.90. The van der Waals surface area contributed by atoms with Gasteiger partial charge in [-0.1, -0.05) is 29.8 Å². The summed E-state index contributed by atoms with van der Waals surface area (Å²) in [5.74, 6) is -1.56. The third-order valence-corrected chi connectivity index (χ3v) is 5.01. The minimum atomic E-state index is -3.75. The molecule has 0 fully saturated rings. The Hall–Kier alpha value is -2.32. The number of rotatable bonds is 4. The number of aromatic nitrogens is 2. The van der Waals surface area contributed by atoms with Crippen molar-refractivity contribution in [1.82, 2.24) is 9.97 Å². The van der Waals surface area contributed by atoms with Gasteiger partial charge in [0, 0.05) is 22.4 Å². The van der Waals surface area contributed by atoms with Crippen LogP contribution in [-0.4, -0.2) is 24.6 Å². The van der Waals surface area contributed by atoms with Crippen molar-refractivity contribution in [3.05, 3.63) is 59.1 Å². The van der Waals surface area contributed by atoms with Crippen LogP contribution in [0.1, 0.15) is 12.2 Å². The first-order chi connectivity index (χ1) is 12.2. The maximum absolute atomic E-state index is 14.2. The average Bonchev–Trinajstić information content (AvgIpc) is 2.99. The van der Waals surface area contributed by atoms with Crippen LogP contribution in [0.25, 0.3) is 22.5 Å². The van der Waals surface area contributed by atoms with E-state index in [4.69, 9.17) is 11.6 Å². The number of nitrogens with one attached hydrogen (secondary N) is 1. The molecule has 0 aliphatic rings. The highest BCUT2D eigenvalue weighted by Crippen LogP contribution is 2.34. The number of alkyl halides is 2. The number of benzene rings is 2. The Morgan fingerprint density at radius 2 is 1.85 bits per heavy atom. The van der Waals surface area contributed by atoms with E-state index >= 15 is 0 Å². The highest BCUT2D eigenvalue weighted by Gasteiger charge is 2.21. The van der Waals surface area contributed by atoms with Crippen molar-refractivity contribution in [2.24, 2.45) is 0 Å². The number of nitrogens with zero attached hydrogens (tertiary/aromatic N) is 1. The molecule has 9 heteroatoms. The normalized spacial score (nSPS) is 11.9. The Morgan fingerprint density at radius 1 is 1.12 bits per heavy atom. The summed E-state index contributed by atoms with van der Waals surface area (Å²) in [4.78, 5) is 5.90. The van der Waals surface area contributed by atoms with Crippen molar-refractivity contribution in [2.75, 3.05) is 6.26 Å². The first kappa shape index (κ1) is 18.5. The van der Waals surface area contributed by atoms with Crippen LogP contribution in [0.4, 0.5) is 13.2 Å². The van der Waals surface area contributed by atoms with E-state index in [2.05, 4.69) is 9.97 Å². The fourth-order valence-electron chi connectivity index (χ4n) is 2.51. The summed E-state index contributed by atoms with van der Waals surface area (Å²) >= 11 is 5.95. The van der Waals surface area contributed by atoms with Crippen LogP contribution in [0.3, 0.4) is 0 Å². The molecule has 26 heavy (non-hydrogen) atoms. The Kier molecular flexibility index (Phi) is 4.81. The zero-order valence-corrected chi connectivity index (χ0v) is 14.9. The van der Waals surface area contributed by atoms with Crippen LogP contribution in [-0.2, 0) is 9.84 Å². The molecular weight excluding hydrogens is 389 g/mol. The van der Waals surface area contributed by atoms with Crippen LogP contribution in [0.5, 0.6) is 0 Å². The summed E-state index contributed by atoms with van der Waals surface area (Å²) < 4.78 is 63.5. The summed E-state index contributed by atoms with van der Waals surface area (Å²) in [6.07, 6.45) is -1.98. The Bertz CT molecular complexity index is 1080. The monoisotopic (exact) mass is 400 g/mol. The van der Waals surface area contributed by atoms with Gasteiger partial charge >= 0.3 is 0 Å². The van der Waals surface area contributed by atoms with E-state index in [1.165, 1.54) is 6.07 Å². The zero-order valence-electron chi connectivity index (χ0n) is 13.3. The van der Waals surface area contributed by atoms with E-state index in [1.54, 1.807) is 24.3 Å². The molecule has 0 amide bonds. The molecule has 2 aromatic carbocycles. The lowest BCUT2D eigenvalue weighted by atomic mass is 10.1. The number of sulfone groups is 1. The van der Waals surface area contributed by atoms with Gasteiger partial charge in [0.2, 0.25) is 0 Å². The molecule has 0 saturated heterocycles. The summed E-state index contributed by atoms with van der Waals surface area (Å²) in [5.41, 5.74) is 0.948. The number of H-pyrrole nitrogens is 1. The third-order valence-electron chi connectivity index (χ3n) is 3.65. The van der Waals surface area contributed by atoms with Gasteiger partial charge in [-0.2, -0.15) is 0 Å². The summed E-state index contributed by atoms with van der Waals surface area (Å²) in [7, 11) is -3.75. The average molecular weight is 401 g/mol. The van der Waals surface area contributed by atoms with Crippen LogP contribution in [0.2, 0.25) is 5.02 Å². The van der Waals surface area contributed by atoms with Crippen LogP contribution in [0.15, 0.2) is 47.4 Å². The first-order valence-electron chi connectivity index (χ1n) is 7.31. The molecule has 0 aliphatic carbocycles. The second kappa shape index (κ2) is 6.77. The maximum Gasteiger partial charge on any atom is 0.295 e. The van der Waals surface area contributed by atoms with E-state index in [9.17, 15) is 21.6 Å². The van der Waals surface area contributed by atoms with E-state index in [1.807, 2.05) is 0 Å². The minimum absolute atomic E-state index is 0.0708. The Balaban J connectivity index is 2.20. The molecule has 4 nitrogen and oxygen atoms in total. The maximum atomic E-state index is 14.2. The lowest BCUT2D eigenvalue weighted by Gasteiger charge is -2.06. The van der Waals surface area contributed by atoms with Gasteiger partial charge in [-0.15, -0.1) is 0 Å². The van der Waals surface area contributed by atoms with Gasteiger partial charge in [0.15, 0.2) is 15.7 Å². The standard InChI is InChI=1S/C17H12ClF3N2O2S/c1-26(24,25)13-6-5-10(8-12(13)19)15-14(22-17(23-15)16(20)21)9-3-2-4-11(18)7-9/h2-8,16H,1H3,(H,22,23).